The number of esters is 1. The van der Waals surface area contributed by atoms with Crippen LogP contribution in [0.5, 0.6) is 5.75 Å². The summed E-state index contributed by atoms with van der Waals surface area (Å²) in [6.45, 7) is 2.16. The third kappa shape index (κ3) is 5.01. The molecular formula is C20H20ClN3O4. The van der Waals surface area contributed by atoms with Crippen molar-refractivity contribution in [2.45, 2.75) is 13.3 Å². The molecule has 0 spiro atoms. The van der Waals surface area contributed by atoms with Crippen molar-refractivity contribution in [3.63, 3.8) is 0 Å². The molecular weight excluding hydrogens is 382 g/mol. The minimum Gasteiger partial charge on any atom is -0.424 e. The Morgan fingerprint density at radius 1 is 1.18 bits per heavy atom. The number of halogens is 1. The van der Waals surface area contributed by atoms with Gasteiger partial charge in [-0.05, 0) is 36.4 Å². The van der Waals surface area contributed by atoms with Gasteiger partial charge in [0.1, 0.15) is 0 Å². The van der Waals surface area contributed by atoms with Crippen molar-refractivity contribution in [2.75, 3.05) is 23.3 Å². The van der Waals surface area contributed by atoms with Crippen molar-refractivity contribution < 1.29 is 19.1 Å². The molecule has 146 valence electrons. The molecule has 0 saturated carbocycles. The average molecular weight is 402 g/mol. The fourth-order valence-electron chi connectivity index (χ4n) is 3.01. The number of benzene rings is 2. The van der Waals surface area contributed by atoms with Crippen LogP contribution < -0.4 is 20.3 Å². The molecule has 2 aromatic carbocycles. The zero-order chi connectivity index (χ0) is 20.1. The lowest BCUT2D eigenvalue weighted by atomic mass is 10.1. The first-order valence-corrected chi connectivity index (χ1v) is 9.18. The number of ether oxygens (including phenoxy) is 1. The van der Waals surface area contributed by atoms with Crippen LogP contribution in [0.1, 0.15) is 13.3 Å². The minimum absolute atomic E-state index is 0.00218. The number of anilines is 2. The first kappa shape index (κ1) is 19.7. The van der Waals surface area contributed by atoms with Gasteiger partial charge in [0.2, 0.25) is 5.91 Å². The van der Waals surface area contributed by atoms with Crippen LogP contribution >= 0.6 is 11.6 Å². The lowest BCUT2D eigenvalue weighted by Crippen LogP contribution is -2.34. The maximum Gasteiger partial charge on any atom is 0.319 e. The second kappa shape index (κ2) is 8.75. The Kier molecular flexibility index (Phi) is 6.16. The van der Waals surface area contributed by atoms with Gasteiger partial charge in [0.25, 0.3) is 0 Å². The fourth-order valence-corrected chi connectivity index (χ4v) is 3.13. The van der Waals surface area contributed by atoms with Gasteiger partial charge in [-0.3, -0.25) is 9.59 Å². The molecule has 0 aliphatic carbocycles. The van der Waals surface area contributed by atoms with Gasteiger partial charge in [0.15, 0.2) is 5.75 Å². The number of carbonyl (C=O) groups excluding carboxylic acids is 3. The lowest BCUT2D eigenvalue weighted by Gasteiger charge is -2.17. The van der Waals surface area contributed by atoms with E-state index in [1.807, 2.05) is 0 Å². The highest BCUT2D eigenvalue weighted by atomic mass is 35.5. The topological polar surface area (TPSA) is 87.7 Å². The summed E-state index contributed by atoms with van der Waals surface area (Å²) in [5.74, 6) is -0.191. The molecule has 1 aliphatic heterocycles. The number of para-hydroxylation sites is 2. The number of nitrogens with zero attached hydrogens (tertiary/aromatic N) is 1. The molecule has 1 saturated heterocycles. The monoisotopic (exact) mass is 401 g/mol. The molecule has 1 heterocycles. The second-order valence-corrected chi connectivity index (χ2v) is 6.91. The van der Waals surface area contributed by atoms with E-state index < -0.39 is 12.0 Å². The summed E-state index contributed by atoms with van der Waals surface area (Å²) in [7, 11) is 0. The average Bonchev–Trinajstić information content (AvgIpc) is 3.03. The zero-order valence-corrected chi connectivity index (χ0v) is 16.0. The predicted octanol–water partition coefficient (Wildman–Crippen LogP) is 3.44. The number of hydrogen-bond donors (Lipinski definition) is 2. The van der Waals surface area contributed by atoms with E-state index in [1.165, 1.54) is 6.92 Å². The Balaban J connectivity index is 1.54. The van der Waals surface area contributed by atoms with Gasteiger partial charge in [-0.2, -0.15) is 0 Å². The molecule has 1 unspecified atom stereocenters. The minimum atomic E-state index is -0.471. The first-order chi connectivity index (χ1) is 13.4. The largest absolute Gasteiger partial charge is 0.424 e. The van der Waals surface area contributed by atoms with E-state index in [4.69, 9.17) is 16.3 Å². The van der Waals surface area contributed by atoms with Crippen molar-refractivity contribution in [3.05, 3.63) is 53.6 Å². The van der Waals surface area contributed by atoms with Crippen LogP contribution in [-0.4, -0.2) is 31.0 Å². The Morgan fingerprint density at radius 2 is 1.89 bits per heavy atom. The molecule has 0 bridgehead atoms. The first-order valence-electron chi connectivity index (χ1n) is 8.80. The summed E-state index contributed by atoms with van der Waals surface area (Å²) in [5.41, 5.74) is 1.18. The van der Waals surface area contributed by atoms with Gasteiger partial charge in [0, 0.05) is 43.1 Å². The number of nitrogens with one attached hydrogen (secondary N) is 2. The summed E-state index contributed by atoms with van der Waals surface area (Å²) in [4.78, 5) is 37.3. The third-order valence-corrected chi connectivity index (χ3v) is 4.54. The molecule has 2 N–H and O–H groups in total. The van der Waals surface area contributed by atoms with E-state index in [2.05, 4.69) is 10.6 Å². The van der Waals surface area contributed by atoms with Crippen molar-refractivity contribution in [1.82, 2.24) is 5.32 Å². The van der Waals surface area contributed by atoms with Crippen LogP contribution in [0.15, 0.2) is 48.5 Å². The Morgan fingerprint density at radius 3 is 2.61 bits per heavy atom. The second-order valence-electron chi connectivity index (χ2n) is 6.48. The summed E-state index contributed by atoms with van der Waals surface area (Å²) in [5, 5.41) is 6.03. The molecule has 8 heteroatoms. The highest BCUT2D eigenvalue weighted by Gasteiger charge is 2.30. The van der Waals surface area contributed by atoms with E-state index in [-0.39, 0.29) is 17.6 Å². The Bertz CT molecular complexity index is 885. The molecule has 2 aromatic rings. The molecule has 28 heavy (non-hydrogen) atoms. The van der Waals surface area contributed by atoms with Crippen LogP contribution in [0.25, 0.3) is 0 Å². The molecule has 1 atom stereocenters. The molecule has 0 aromatic heterocycles. The van der Waals surface area contributed by atoms with Crippen LogP contribution in [0.3, 0.4) is 0 Å². The van der Waals surface area contributed by atoms with Gasteiger partial charge < -0.3 is 20.3 Å². The van der Waals surface area contributed by atoms with E-state index in [0.29, 0.717) is 30.2 Å². The van der Waals surface area contributed by atoms with E-state index in [1.54, 1.807) is 53.4 Å². The summed E-state index contributed by atoms with van der Waals surface area (Å²) in [6.07, 6.45) is 0.354. The molecule has 0 radical (unpaired) electrons. The van der Waals surface area contributed by atoms with Crippen LogP contribution in [-0.2, 0) is 9.59 Å². The number of carbonyl (C=O) groups is 3. The van der Waals surface area contributed by atoms with Crippen molar-refractivity contribution >= 4 is 40.9 Å². The number of amides is 3. The lowest BCUT2D eigenvalue weighted by molar-refractivity contribution is -0.131. The van der Waals surface area contributed by atoms with Gasteiger partial charge in [-0.15, -0.1) is 0 Å². The maximum atomic E-state index is 12.3. The summed E-state index contributed by atoms with van der Waals surface area (Å²) in [6, 6.07) is 13.3. The van der Waals surface area contributed by atoms with Crippen molar-refractivity contribution in [2.24, 2.45) is 5.92 Å². The SMILES string of the molecule is CC(=O)Oc1ccccc1NC(=O)NCC1CC(=O)N(c2ccc(Cl)cc2)C1. The molecule has 3 rings (SSSR count). The molecule has 1 aliphatic rings. The van der Waals surface area contributed by atoms with Gasteiger partial charge in [-0.25, -0.2) is 4.79 Å². The quantitative estimate of drug-likeness (QED) is 0.593. The number of hydrogen-bond acceptors (Lipinski definition) is 4. The van der Waals surface area contributed by atoms with Crippen molar-refractivity contribution in [1.29, 1.82) is 0 Å². The summed E-state index contributed by atoms with van der Waals surface area (Å²) < 4.78 is 5.07. The zero-order valence-electron chi connectivity index (χ0n) is 15.3. The summed E-state index contributed by atoms with van der Waals surface area (Å²) >= 11 is 5.89. The highest BCUT2D eigenvalue weighted by molar-refractivity contribution is 6.30. The normalized spacial score (nSPS) is 16.0. The Hall–Kier alpha value is -3.06. The van der Waals surface area contributed by atoms with Crippen LogP contribution in [0.4, 0.5) is 16.2 Å². The smallest absolute Gasteiger partial charge is 0.319 e. The maximum absolute atomic E-state index is 12.3. The predicted molar refractivity (Wildman–Crippen MR) is 107 cm³/mol. The molecule has 3 amide bonds. The standard InChI is InChI=1S/C20H20ClN3O4/c1-13(25)28-18-5-3-2-4-17(18)23-20(27)22-11-14-10-19(26)24(12-14)16-8-6-15(21)7-9-16/h2-9,14H,10-12H2,1H3,(H2,22,23,27). The van der Waals surface area contributed by atoms with E-state index in [0.717, 1.165) is 5.69 Å². The Labute approximate surface area is 167 Å². The van der Waals surface area contributed by atoms with Crippen LogP contribution in [0, 0.1) is 5.92 Å². The van der Waals surface area contributed by atoms with E-state index in [9.17, 15) is 14.4 Å². The fraction of sp³-hybridized carbons (Fsp3) is 0.250. The molecule has 7 nitrogen and oxygen atoms in total. The van der Waals surface area contributed by atoms with E-state index >= 15 is 0 Å². The number of rotatable bonds is 5. The van der Waals surface area contributed by atoms with Gasteiger partial charge in [-0.1, -0.05) is 23.7 Å². The van der Waals surface area contributed by atoms with Gasteiger partial charge >= 0.3 is 12.0 Å². The third-order valence-electron chi connectivity index (χ3n) is 4.28. The van der Waals surface area contributed by atoms with Crippen LogP contribution in [0.2, 0.25) is 5.02 Å². The van der Waals surface area contributed by atoms with Gasteiger partial charge in [0.05, 0.1) is 5.69 Å². The highest BCUT2D eigenvalue weighted by Crippen LogP contribution is 2.26. The number of urea groups is 1. The van der Waals surface area contributed by atoms with Crippen molar-refractivity contribution in [3.8, 4) is 5.75 Å². The molecule has 1 fully saturated rings.